The molecule has 8 N–H and O–H groups in total. The molecule has 6 aromatic heterocycles. The highest BCUT2D eigenvalue weighted by atomic mass is 16.7. The van der Waals surface area contributed by atoms with Crippen molar-refractivity contribution < 1.29 is 39.0 Å². The predicted octanol–water partition coefficient (Wildman–Crippen LogP) is 10.1. The number of carboxylic acids is 2. The molecule has 7 aliphatic rings. The van der Waals surface area contributed by atoms with Gasteiger partial charge in [-0.2, -0.15) is 24.9 Å². The van der Waals surface area contributed by atoms with Crippen LogP contribution in [0.15, 0.2) is 106 Å². The molecule has 3 unspecified atom stereocenters. The number of H-pyrrole nitrogens is 3. The Morgan fingerprint density at radius 1 is 0.491 bits per heavy atom. The average Bonchev–Trinajstić information content (AvgIpc) is 1.01. The molecular weight excluding hydrogens is 1370 g/mol. The standard InChI is InChI=1S/C79H94N20O9/c100-65(44-49-13-15-51(16-14-49)52-17-19-54(20-18-52)81-69-66-61(46-80-90-72(66)101)84-77(87-69)95-33-7-1-2-8-34-95)108-99-48-63-68(74(103)92-99)71(89-79(86-63)97-37-11-5-6-12-38-97)83-56-21-25-57(26-22-56)93-39-29-50(30-40-93)43-64(76(106)107)98-47-62-67(73(102)91-98)70(88-78(85-62)96-35-9-3-4-10-36-96)82-55-23-27-58(28-24-55)94-41-31-53(32-42-94)59-45-60(59)75(104)105/h17-28,46-51,53,59-60,64H,1-16,29-45H2,(H6-2,81,82,83,84,85,86,87,88,89,90,91,92,101,102,103,104,105,106,107)/p+2. The minimum atomic E-state index is -1.06. The number of hydrogen-bond donors (Lipinski definition) is 8. The number of aromatic nitrogens is 12. The van der Waals surface area contributed by atoms with Gasteiger partial charge in [0.05, 0.1) is 18.5 Å². The number of nitrogens with zero attached hydrogens (tertiary/aromatic N) is 14. The molecule has 2 saturated carbocycles. The maximum atomic E-state index is 14.4. The van der Waals surface area contributed by atoms with Crippen LogP contribution in [-0.4, -0.2) is 144 Å². The van der Waals surface area contributed by atoms with Crippen molar-refractivity contribution in [3.05, 3.63) is 128 Å². The van der Waals surface area contributed by atoms with Crippen LogP contribution in [0.1, 0.15) is 165 Å². The topological polar surface area (TPSA) is 350 Å². The Hall–Kier alpha value is -10.9. The van der Waals surface area contributed by atoms with E-state index < -0.39 is 35.1 Å². The molecule has 5 aliphatic heterocycles. The van der Waals surface area contributed by atoms with Crippen LogP contribution >= 0.6 is 0 Å². The van der Waals surface area contributed by atoms with E-state index in [1.54, 1.807) is 18.6 Å². The summed E-state index contributed by atoms with van der Waals surface area (Å²) in [7, 11) is 0. The Morgan fingerprint density at radius 3 is 1.43 bits per heavy atom. The SMILES string of the molecule is O=C(CC1CCC(c2ccc(Nc3nc(N4CCCCCC4)nc4cn[nH]c(=O)c34)cc2)CC1)O[n+]1cc2nc(N3CCCCCC3)nc(Nc3ccc(N4CCC(CC(C(=O)O)[n+]5cc6nc(N7CCCCCC7)nc(Nc7ccc(N8CCC(C9CC9C(=O)O)CC8)cc7)c6c(=O)[nH]5)CC4)cc3)c2c(=O)[nH]1. The van der Waals surface area contributed by atoms with E-state index in [1.807, 2.05) is 48.5 Å². The van der Waals surface area contributed by atoms with Gasteiger partial charge >= 0.3 is 29.0 Å². The Labute approximate surface area is 623 Å². The van der Waals surface area contributed by atoms with Gasteiger partial charge in [0.1, 0.15) is 49.5 Å². The Balaban J connectivity index is 0.547. The maximum absolute atomic E-state index is 14.4. The van der Waals surface area contributed by atoms with Gasteiger partial charge in [0, 0.05) is 100 Å². The van der Waals surface area contributed by atoms with E-state index in [1.165, 1.54) is 23.1 Å². The van der Waals surface area contributed by atoms with Crippen molar-refractivity contribution in [3.8, 4) is 0 Å². The van der Waals surface area contributed by atoms with Gasteiger partial charge in [0.25, 0.3) is 17.8 Å². The van der Waals surface area contributed by atoms with Crippen molar-refractivity contribution in [1.29, 1.82) is 0 Å². The van der Waals surface area contributed by atoms with E-state index in [2.05, 4.69) is 85.1 Å². The van der Waals surface area contributed by atoms with Crippen LogP contribution in [0.3, 0.4) is 0 Å². The highest BCUT2D eigenvalue weighted by Gasteiger charge is 2.48. The van der Waals surface area contributed by atoms with Gasteiger partial charge in [0.2, 0.25) is 24.0 Å². The molecule has 0 radical (unpaired) electrons. The Morgan fingerprint density at radius 2 is 0.944 bits per heavy atom. The lowest BCUT2D eigenvalue weighted by atomic mass is 9.77. The molecule has 3 aromatic carbocycles. The van der Waals surface area contributed by atoms with E-state index in [-0.39, 0.29) is 40.5 Å². The highest BCUT2D eigenvalue weighted by molar-refractivity contribution is 5.93. The van der Waals surface area contributed by atoms with Gasteiger partial charge in [-0.15, -0.1) is 5.10 Å². The van der Waals surface area contributed by atoms with E-state index in [9.17, 15) is 39.0 Å². The van der Waals surface area contributed by atoms with Crippen LogP contribution in [0, 0.1) is 29.6 Å². The quantitative estimate of drug-likeness (QED) is 0.0310. The van der Waals surface area contributed by atoms with Crippen LogP contribution < -0.4 is 71.5 Å². The Kier molecular flexibility index (Phi) is 21.1. The molecule has 5 saturated heterocycles. The van der Waals surface area contributed by atoms with E-state index in [4.69, 9.17) is 34.7 Å². The van der Waals surface area contributed by atoms with Crippen molar-refractivity contribution in [2.24, 2.45) is 29.6 Å². The third kappa shape index (κ3) is 16.2. The first-order chi connectivity index (χ1) is 52.7. The number of carbonyl (C=O) groups excluding carboxylic acids is 1. The number of rotatable bonds is 21. The fraction of sp³-hybridized carbons (Fsp3) is 0.506. The van der Waals surface area contributed by atoms with Gasteiger partial charge < -0.3 is 50.7 Å². The van der Waals surface area contributed by atoms with Gasteiger partial charge in [-0.25, -0.2) is 29.6 Å². The zero-order valence-corrected chi connectivity index (χ0v) is 61.0. The number of nitrogens with one attached hydrogen (secondary N) is 6. The predicted molar refractivity (Wildman–Crippen MR) is 411 cm³/mol. The highest BCUT2D eigenvalue weighted by Crippen LogP contribution is 2.48. The molecule has 564 valence electrons. The summed E-state index contributed by atoms with van der Waals surface area (Å²) in [5.41, 5.74) is 5.27. The molecule has 2 aliphatic carbocycles. The fourth-order valence-electron chi connectivity index (χ4n) is 17.4. The molecule has 29 heteroatoms. The lowest BCUT2D eigenvalue weighted by Gasteiger charge is -2.34. The minimum Gasteiger partial charge on any atom is -0.481 e. The molecule has 3 atom stereocenters. The molecule has 29 nitrogen and oxygen atoms in total. The number of aromatic amines is 3. The maximum Gasteiger partial charge on any atom is 0.383 e. The summed E-state index contributed by atoms with van der Waals surface area (Å²) in [6, 6.07) is 23.2. The van der Waals surface area contributed by atoms with Crippen molar-refractivity contribution in [1.82, 2.24) is 50.3 Å². The summed E-state index contributed by atoms with van der Waals surface area (Å²) in [6.45, 7) is 7.86. The van der Waals surface area contributed by atoms with Crippen molar-refractivity contribution in [2.75, 3.05) is 106 Å². The summed E-state index contributed by atoms with van der Waals surface area (Å²) in [5.74, 6) is 1.45. The fourth-order valence-corrected chi connectivity index (χ4v) is 17.4. The van der Waals surface area contributed by atoms with E-state index in [0.717, 1.165) is 202 Å². The molecule has 0 bridgehead atoms. The first kappa shape index (κ1) is 71.4. The lowest BCUT2D eigenvalue weighted by Crippen LogP contribution is -2.52. The average molecular weight is 1470 g/mol. The van der Waals surface area contributed by atoms with Crippen molar-refractivity contribution >= 4 is 114 Å². The lowest BCUT2D eigenvalue weighted by molar-refractivity contribution is -0.915. The monoisotopic (exact) mass is 1470 g/mol. The second-order valence-electron chi connectivity index (χ2n) is 30.8. The molecule has 0 amide bonds. The summed E-state index contributed by atoms with van der Waals surface area (Å²) in [6.07, 6.45) is 25.7. The van der Waals surface area contributed by atoms with Gasteiger partial charge in [-0.3, -0.25) is 19.2 Å². The summed E-state index contributed by atoms with van der Waals surface area (Å²) < 4.78 is 1.42. The third-order valence-electron chi connectivity index (χ3n) is 23.7. The van der Waals surface area contributed by atoms with Gasteiger partial charge in [-0.1, -0.05) is 60.4 Å². The minimum absolute atomic E-state index is 0.0384. The second kappa shape index (κ2) is 31.9. The molecule has 7 fully saturated rings. The van der Waals surface area contributed by atoms with Crippen molar-refractivity contribution in [2.45, 2.75) is 160 Å². The largest absolute Gasteiger partial charge is 0.481 e. The van der Waals surface area contributed by atoms with Crippen LogP contribution in [0.25, 0.3) is 32.7 Å². The van der Waals surface area contributed by atoms with Gasteiger partial charge in [-0.05, 0) is 192 Å². The summed E-state index contributed by atoms with van der Waals surface area (Å²) >= 11 is 0. The molecule has 108 heavy (non-hydrogen) atoms. The number of fused-ring (bicyclic) bond motifs is 3. The number of carboxylic acid groups (broad SMARTS) is 2. The number of hydrogen-bond acceptors (Lipinski definition) is 22. The van der Waals surface area contributed by atoms with Crippen LogP contribution in [0.5, 0.6) is 0 Å². The third-order valence-corrected chi connectivity index (χ3v) is 23.7. The zero-order valence-electron chi connectivity index (χ0n) is 61.0. The number of benzene rings is 3. The van der Waals surface area contributed by atoms with Crippen LogP contribution in [0.4, 0.5) is 63.7 Å². The van der Waals surface area contributed by atoms with Gasteiger partial charge in [0.15, 0.2) is 5.52 Å². The first-order valence-corrected chi connectivity index (χ1v) is 39.2. The number of anilines is 11. The number of carbonyl (C=O) groups is 3. The van der Waals surface area contributed by atoms with Crippen LogP contribution in [-0.2, 0) is 14.4 Å². The number of piperidine rings is 2. The van der Waals surface area contributed by atoms with Crippen LogP contribution in [0.2, 0.25) is 0 Å². The van der Waals surface area contributed by atoms with Crippen molar-refractivity contribution in [3.63, 3.8) is 0 Å². The molecule has 9 aromatic rings. The second-order valence-corrected chi connectivity index (χ2v) is 30.8. The smallest absolute Gasteiger partial charge is 0.383 e. The Bertz CT molecular complexity index is 4920. The molecule has 0 spiro atoms. The molecule has 16 rings (SSSR count). The molecule has 11 heterocycles. The number of aliphatic carboxylic acids is 2. The summed E-state index contributed by atoms with van der Waals surface area (Å²) in [5, 5.41) is 43.7. The first-order valence-electron chi connectivity index (χ1n) is 39.2. The van der Waals surface area contributed by atoms with E-state index in [0.29, 0.717) is 100 Å². The normalized spacial score (nSPS) is 20.9. The molecular formula is C79H96N20O9+2. The van der Waals surface area contributed by atoms with E-state index >= 15 is 0 Å². The zero-order chi connectivity index (χ0) is 73.8. The summed E-state index contributed by atoms with van der Waals surface area (Å²) in [4.78, 5) is 128.